The van der Waals surface area contributed by atoms with Gasteiger partial charge in [-0.25, -0.2) is 4.79 Å². The molecule has 0 saturated carbocycles. The van der Waals surface area contributed by atoms with E-state index in [1.165, 1.54) is 7.11 Å². The zero-order valence-electron chi connectivity index (χ0n) is 19.7. The summed E-state index contributed by atoms with van der Waals surface area (Å²) in [6, 6.07) is 1.04. The number of carbonyl (C=O) groups is 1. The third-order valence-electron chi connectivity index (χ3n) is 2.77. The Morgan fingerprint density at radius 3 is 1.52 bits per heavy atom. The summed E-state index contributed by atoms with van der Waals surface area (Å²) in [7, 11) is -3.88. The van der Waals surface area contributed by atoms with Gasteiger partial charge in [-0.05, 0) is 86.0 Å². The number of carbonyl (C=O) groups excluding carboxylic acids is 1. The zero-order valence-corrected chi connectivity index (χ0v) is 22.7. The van der Waals surface area contributed by atoms with Gasteiger partial charge in [0, 0.05) is 6.61 Å². The average molecular weight is 441 g/mol. The Balaban J connectivity index is 0. The SMILES string of the molecule is CC(C)OCCC[Si](C)(O[Si](C)(C)C)O[Si](C)(C)C.COC(=O)OC(C)C. The van der Waals surface area contributed by atoms with Crippen LogP contribution in [0.1, 0.15) is 34.1 Å². The van der Waals surface area contributed by atoms with Gasteiger partial charge in [0.2, 0.25) is 0 Å². The largest absolute Gasteiger partial charge is 0.508 e. The van der Waals surface area contributed by atoms with Crippen LogP contribution in [-0.4, -0.2) is 57.3 Å². The van der Waals surface area contributed by atoms with Crippen molar-refractivity contribution in [2.45, 2.75) is 98.2 Å². The second-order valence-electron chi connectivity index (χ2n) is 9.21. The summed E-state index contributed by atoms with van der Waals surface area (Å²) in [4.78, 5) is 10.2. The van der Waals surface area contributed by atoms with Gasteiger partial charge in [-0.3, -0.25) is 0 Å². The van der Waals surface area contributed by atoms with Crippen LogP contribution in [0.25, 0.3) is 0 Å². The molecular formula is C18H44O6Si3. The smallest absolute Gasteiger partial charge is 0.438 e. The lowest BCUT2D eigenvalue weighted by molar-refractivity contribution is 0.0496. The molecule has 0 aromatic carbocycles. The standard InChI is InChI=1S/C13H34O3Si3.C5H10O3/c1-13(2)14-11-10-12-19(9,15-17(3,4)5)16-18(6,7)8;1-4(2)8-5(6)7-3/h13H,10-12H2,1-9H3;4H,1-3H3. The molecule has 0 rings (SSSR count). The summed E-state index contributed by atoms with van der Waals surface area (Å²) in [5.41, 5.74) is 0. The molecule has 9 heteroatoms. The van der Waals surface area contributed by atoms with E-state index in [0.29, 0.717) is 6.10 Å². The predicted molar refractivity (Wildman–Crippen MR) is 120 cm³/mol. The molecule has 0 spiro atoms. The van der Waals surface area contributed by atoms with Gasteiger partial charge in [-0.15, -0.1) is 0 Å². The van der Waals surface area contributed by atoms with Crippen molar-refractivity contribution in [3.05, 3.63) is 0 Å². The number of methoxy groups -OCH3 is 1. The minimum atomic E-state index is -2.05. The Kier molecular flexibility index (Phi) is 14.1. The van der Waals surface area contributed by atoms with Gasteiger partial charge < -0.3 is 22.4 Å². The van der Waals surface area contributed by atoms with Crippen LogP contribution in [0.5, 0.6) is 0 Å². The van der Waals surface area contributed by atoms with E-state index in [2.05, 4.69) is 69.2 Å². The Hall–Kier alpha value is -0.199. The molecule has 0 radical (unpaired) electrons. The van der Waals surface area contributed by atoms with Crippen molar-refractivity contribution in [2.24, 2.45) is 0 Å². The van der Waals surface area contributed by atoms with Crippen molar-refractivity contribution >= 4 is 31.4 Å². The van der Waals surface area contributed by atoms with E-state index in [-0.39, 0.29) is 6.10 Å². The van der Waals surface area contributed by atoms with Crippen molar-refractivity contribution in [3.8, 4) is 0 Å². The molecule has 0 atom stereocenters. The first-order chi connectivity index (χ1) is 12.0. The van der Waals surface area contributed by atoms with E-state index < -0.39 is 31.4 Å². The molecule has 0 amide bonds. The molecule has 0 unspecified atom stereocenters. The fourth-order valence-corrected chi connectivity index (χ4v) is 14.9. The van der Waals surface area contributed by atoms with Crippen LogP contribution in [0.15, 0.2) is 0 Å². The second-order valence-corrected chi connectivity index (χ2v) is 22.1. The molecule has 0 heterocycles. The van der Waals surface area contributed by atoms with Crippen molar-refractivity contribution in [1.29, 1.82) is 0 Å². The van der Waals surface area contributed by atoms with E-state index in [1.807, 2.05) is 0 Å². The first-order valence-corrected chi connectivity index (χ1v) is 19.1. The molecule has 27 heavy (non-hydrogen) atoms. The van der Waals surface area contributed by atoms with Gasteiger partial charge in [-0.1, -0.05) is 0 Å². The van der Waals surface area contributed by atoms with Crippen molar-refractivity contribution in [2.75, 3.05) is 13.7 Å². The van der Waals surface area contributed by atoms with Crippen LogP contribution in [0.3, 0.4) is 0 Å². The van der Waals surface area contributed by atoms with E-state index in [1.54, 1.807) is 13.8 Å². The van der Waals surface area contributed by atoms with Crippen LogP contribution >= 0.6 is 0 Å². The van der Waals surface area contributed by atoms with Gasteiger partial charge in [-0.2, -0.15) is 0 Å². The highest BCUT2D eigenvalue weighted by molar-refractivity contribution is 6.87. The molecule has 0 aliphatic heterocycles. The Bertz CT molecular complexity index is 387. The third kappa shape index (κ3) is 22.0. The number of hydrogen-bond donors (Lipinski definition) is 0. The molecular weight excluding hydrogens is 396 g/mol. The molecule has 0 N–H and O–H groups in total. The van der Waals surface area contributed by atoms with Gasteiger partial charge in [0.25, 0.3) is 0 Å². The summed E-state index contributed by atoms with van der Waals surface area (Å²) in [5.74, 6) is 0. The fourth-order valence-electron chi connectivity index (χ4n) is 2.37. The van der Waals surface area contributed by atoms with Gasteiger partial charge in [0.15, 0.2) is 16.6 Å². The van der Waals surface area contributed by atoms with E-state index >= 15 is 0 Å². The summed E-state index contributed by atoms with van der Waals surface area (Å²) in [5, 5.41) is 0. The van der Waals surface area contributed by atoms with Crippen LogP contribution in [0, 0.1) is 0 Å². The molecule has 0 fully saturated rings. The van der Waals surface area contributed by atoms with Crippen LogP contribution in [-0.2, 0) is 22.4 Å². The maximum absolute atomic E-state index is 10.2. The van der Waals surface area contributed by atoms with E-state index in [0.717, 1.165) is 19.1 Å². The highest BCUT2D eigenvalue weighted by Gasteiger charge is 2.39. The first kappa shape index (κ1) is 29.0. The van der Waals surface area contributed by atoms with Crippen molar-refractivity contribution in [1.82, 2.24) is 0 Å². The van der Waals surface area contributed by atoms with Crippen molar-refractivity contribution < 1.29 is 27.2 Å². The normalized spacial score (nSPS) is 12.7. The lowest BCUT2D eigenvalue weighted by Crippen LogP contribution is -2.52. The topological polar surface area (TPSA) is 63.2 Å². The average Bonchev–Trinajstić information content (AvgIpc) is 2.39. The highest BCUT2D eigenvalue weighted by atomic mass is 28.5. The molecule has 164 valence electrons. The summed E-state index contributed by atoms with van der Waals surface area (Å²) >= 11 is 0. The number of ether oxygens (including phenoxy) is 3. The molecule has 0 bridgehead atoms. The minimum absolute atomic E-state index is 0.0950. The molecule has 0 aromatic heterocycles. The monoisotopic (exact) mass is 440 g/mol. The Morgan fingerprint density at radius 1 is 0.815 bits per heavy atom. The van der Waals surface area contributed by atoms with Gasteiger partial charge >= 0.3 is 14.7 Å². The summed E-state index contributed by atoms with van der Waals surface area (Å²) in [6.07, 6.45) is 0.627. The van der Waals surface area contributed by atoms with Crippen LogP contribution in [0.4, 0.5) is 4.79 Å². The van der Waals surface area contributed by atoms with Crippen molar-refractivity contribution in [3.63, 3.8) is 0 Å². The third-order valence-corrected chi connectivity index (χ3v) is 12.4. The maximum atomic E-state index is 10.2. The van der Waals surface area contributed by atoms with E-state index in [4.69, 9.17) is 13.0 Å². The molecule has 0 saturated heterocycles. The molecule has 0 aliphatic rings. The fraction of sp³-hybridized carbons (Fsp3) is 0.944. The molecule has 6 nitrogen and oxygen atoms in total. The lowest BCUT2D eigenvalue weighted by atomic mass is 10.4. The zero-order chi connectivity index (χ0) is 21.9. The predicted octanol–water partition coefficient (Wildman–Crippen LogP) is 5.75. The Morgan fingerprint density at radius 2 is 1.26 bits per heavy atom. The van der Waals surface area contributed by atoms with E-state index in [9.17, 15) is 4.79 Å². The summed E-state index contributed by atoms with van der Waals surface area (Å²) < 4.78 is 27.3. The quantitative estimate of drug-likeness (QED) is 0.245. The van der Waals surface area contributed by atoms with Gasteiger partial charge in [0.1, 0.15) is 0 Å². The van der Waals surface area contributed by atoms with Crippen LogP contribution in [0.2, 0.25) is 51.9 Å². The summed E-state index contributed by atoms with van der Waals surface area (Å²) in [6.45, 7) is 24.2. The first-order valence-electron chi connectivity index (χ1n) is 9.76. The lowest BCUT2D eigenvalue weighted by Gasteiger charge is -2.38. The maximum Gasteiger partial charge on any atom is 0.508 e. The molecule has 0 aromatic rings. The van der Waals surface area contributed by atoms with Gasteiger partial charge in [0.05, 0.1) is 19.3 Å². The molecule has 0 aliphatic carbocycles. The number of rotatable bonds is 10. The highest BCUT2D eigenvalue weighted by Crippen LogP contribution is 2.25. The second kappa shape index (κ2) is 13.1. The minimum Gasteiger partial charge on any atom is -0.438 e. The Labute approximate surface area is 170 Å². The van der Waals surface area contributed by atoms with Crippen LogP contribution < -0.4 is 0 Å². The number of hydrogen-bond acceptors (Lipinski definition) is 6.